The zero-order valence-electron chi connectivity index (χ0n) is 18.4. The minimum absolute atomic E-state index is 0.156. The Bertz CT molecular complexity index is 960. The molecular weight excluding hydrogens is 412 g/mol. The number of esters is 1. The monoisotopic (exact) mass is 440 g/mol. The highest BCUT2D eigenvalue weighted by molar-refractivity contribution is 5.88. The van der Waals surface area contributed by atoms with Crippen molar-refractivity contribution in [3.05, 3.63) is 59.7 Å². The summed E-state index contributed by atoms with van der Waals surface area (Å²) in [5, 5.41) is 5.46. The Labute approximate surface area is 187 Å². The Morgan fingerprint density at radius 2 is 1.69 bits per heavy atom. The Balaban J connectivity index is 1.50. The van der Waals surface area contributed by atoms with E-state index < -0.39 is 24.0 Å². The van der Waals surface area contributed by atoms with Gasteiger partial charge in [-0.2, -0.15) is 0 Å². The molecule has 2 unspecified atom stereocenters. The van der Waals surface area contributed by atoms with Crippen LogP contribution < -0.4 is 20.1 Å². The number of carbonyl (C=O) groups excluding carboxylic acids is 3. The maximum Gasteiger partial charge on any atom is 0.329 e. The summed E-state index contributed by atoms with van der Waals surface area (Å²) in [5.41, 5.74) is 1.67. The van der Waals surface area contributed by atoms with Crippen molar-refractivity contribution in [3.63, 3.8) is 0 Å². The third-order valence-corrected chi connectivity index (χ3v) is 5.01. The molecule has 0 bridgehead atoms. The summed E-state index contributed by atoms with van der Waals surface area (Å²) in [6.07, 6.45) is -0.855. The van der Waals surface area contributed by atoms with Crippen LogP contribution >= 0.6 is 0 Å². The van der Waals surface area contributed by atoms with E-state index in [1.807, 2.05) is 36.4 Å². The first-order chi connectivity index (χ1) is 15.3. The standard InChI is InChI=1S/C24H28N2O6/c1-15(2)22(26-21(27)12-17-7-5-4-6-8-17)24(29)32-16(3)23(28)25-13-18-9-10-19-20(11-18)31-14-30-19/h4-11,15-16,22H,12-14H2,1-3H3,(H,25,28)(H,26,27). The number of carbonyl (C=O) groups is 3. The quantitative estimate of drug-likeness (QED) is 0.581. The van der Waals surface area contributed by atoms with Gasteiger partial charge in [0.15, 0.2) is 17.6 Å². The Hall–Kier alpha value is -3.55. The molecule has 0 saturated heterocycles. The highest BCUT2D eigenvalue weighted by Crippen LogP contribution is 2.32. The van der Waals surface area contributed by atoms with E-state index in [-0.39, 0.29) is 31.6 Å². The molecule has 0 aliphatic carbocycles. The van der Waals surface area contributed by atoms with E-state index in [0.717, 1.165) is 11.1 Å². The van der Waals surface area contributed by atoms with Crippen LogP contribution in [0.1, 0.15) is 31.9 Å². The minimum Gasteiger partial charge on any atom is -0.454 e. The molecule has 8 nitrogen and oxygen atoms in total. The molecule has 2 amide bonds. The molecule has 0 radical (unpaired) electrons. The first kappa shape index (κ1) is 23.1. The van der Waals surface area contributed by atoms with E-state index in [1.54, 1.807) is 26.0 Å². The number of ether oxygens (including phenoxy) is 3. The van der Waals surface area contributed by atoms with Crippen LogP contribution in [-0.4, -0.2) is 36.7 Å². The van der Waals surface area contributed by atoms with Crippen LogP contribution in [0.25, 0.3) is 0 Å². The number of fused-ring (bicyclic) bond motifs is 1. The molecule has 2 aromatic carbocycles. The van der Waals surface area contributed by atoms with Crippen LogP contribution in [0.15, 0.2) is 48.5 Å². The van der Waals surface area contributed by atoms with E-state index in [2.05, 4.69) is 10.6 Å². The van der Waals surface area contributed by atoms with E-state index >= 15 is 0 Å². The fourth-order valence-corrected chi connectivity index (χ4v) is 3.19. The van der Waals surface area contributed by atoms with Gasteiger partial charge in [-0.05, 0) is 36.1 Å². The van der Waals surface area contributed by atoms with Gasteiger partial charge in [0.1, 0.15) is 6.04 Å². The molecule has 1 heterocycles. The summed E-state index contributed by atoms with van der Waals surface area (Å²) < 4.78 is 15.9. The number of hydrogen-bond acceptors (Lipinski definition) is 6. The topological polar surface area (TPSA) is 103 Å². The molecule has 1 aliphatic heterocycles. The maximum absolute atomic E-state index is 12.6. The first-order valence-corrected chi connectivity index (χ1v) is 10.5. The largest absolute Gasteiger partial charge is 0.454 e. The van der Waals surface area contributed by atoms with Gasteiger partial charge in [-0.1, -0.05) is 50.2 Å². The molecule has 2 aromatic rings. The second-order valence-electron chi connectivity index (χ2n) is 7.94. The SMILES string of the molecule is CC(OC(=O)C(NC(=O)Cc1ccccc1)C(C)C)C(=O)NCc1ccc2c(c1)OCO2. The van der Waals surface area contributed by atoms with E-state index in [1.165, 1.54) is 6.92 Å². The van der Waals surface area contributed by atoms with Crippen LogP contribution in [0.5, 0.6) is 11.5 Å². The third kappa shape index (κ3) is 6.23. The van der Waals surface area contributed by atoms with Gasteiger partial charge in [0, 0.05) is 6.54 Å². The molecule has 2 atom stereocenters. The van der Waals surface area contributed by atoms with Gasteiger partial charge < -0.3 is 24.8 Å². The van der Waals surface area contributed by atoms with Crippen molar-refractivity contribution in [2.24, 2.45) is 5.92 Å². The zero-order valence-corrected chi connectivity index (χ0v) is 18.4. The Morgan fingerprint density at radius 3 is 2.41 bits per heavy atom. The molecule has 0 fully saturated rings. The first-order valence-electron chi connectivity index (χ1n) is 10.5. The number of nitrogens with one attached hydrogen (secondary N) is 2. The summed E-state index contributed by atoms with van der Waals surface area (Å²) in [6.45, 7) is 5.53. The van der Waals surface area contributed by atoms with Crippen LogP contribution in [-0.2, 0) is 32.1 Å². The molecule has 8 heteroatoms. The fourth-order valence-electron chi connectivity index (χ4n) is 3.19. The molecule has 0 saturated carbocycles. The van der Waals surface area contributed by atoms with Crippen molar-refractivity contribution in [2.75, 3.05) is 6.79 Å². The van der Waals surface area contributed by atoms with Crippen molar-refractivity contribution >= 4 is 17.8 Å². The predicted molar refractivity (Wildman–Crippen MR) is 117 cm³/mol. The molecular formula is C24H28N2O6. The Kier molecular flexibility index (Phi) is 7.70. The second-order valence-corrected chi connectivity index (χ2v) is 7.94. The lowest BCUT2D eigenvalue weighted by Gasteiger charge is -2.23. The highest BCUT2D eigenvalue weighted by atomic mass is 16.7. The van der Waals surface area contributed by atoms with Crippen molar-refractivity contribution in [1.82, 2.24) is 10.6 Å². The third-order valence-electron chi connectivity index (χ3n) is 5.01. The molecule has 0 aromatic heterocycles. The lowest BCUT2D eigenvalue weighted by Crippen LogP contribution is -2.48. The van der Waals surface area contributed by atoms with E-state index in [9.17, 15) is 14.4 Å². The van der Waals surface area contributed by atoms with Gasteiger partial charge in [0.2, 0.25) is 12.7 Å². The number of rotatable bonds is 9. The van der Waals surface area contributed by atoms with E-state index in [0.29, 0.717) is 11.5 Å². The highest BCUT2D eigenvalue weighted by Gasteiger charge is 2.29. The van der Waals surface area contributed by atoms with Crippen LogP contribution in [0.4, 0.5) is 0 Å². The predicted octanol–water partition coefficient (Wildman–Crippen LogP) is 2.35. The smallest absolute Gasteiger partial charge is 0.329 e. The van der Waals surface area contributed by atoms with Crippen molar-refractivity contribution < 1.29 is 28.6 Å². The number of hydrogen-bond donors (Lipinski definition) is 2. The summed E-state index contributed by atoms with van der Waals surface area (Å²) in [5.74, 6) is -0.280. The van der Waals surface area contributed by atoms with Crippen LogP contribution in [0, 0.1) is 5.92 Å². The molecule has 3 rings (SSSR count). The molecule has 170 valence electrons. The van der Waals surface area contributed by atoms with Gasteiger partial charge in [-0.15, -0.1) is 0 Å². The molecule has 2 N–H and O–H groups in total. The zero-order chi connectivity index (χ0) is 23.1. The lowest BCUT2D eigenvalue weighted by atomic mass is 10.0. The number of amides is 2. The number of benzene rings is 2. The van der Waals surface area contributed by atoms with Gasteiger partial charge in [0.05, 0.1) is 6.42 Å². The van der Waals surface area contributed by atoms with Crippen molar-refractivity contribution in [1.29, 1.82) is 0 Å². The lowest BCUT2D eigenvalue weighted by molar-refractivity contribution is -0.158. The summed E-state index contributed by atoms with van der Waals surface area (Å²) in [6, 6.07) is 13.8. The average Bonchev–Trinajstić information content (AvgIpc) is 3.24. The van der Waals surface area contributed by atoms with Crippen molar-refractivity contribution in [2.45, 2.75) is 45.9 Å². The molecule has 0 spiro atoms. The van der Waals surface area contributed by atoms with Crippen molar-refractivity contribution in [3.8, 4) is 11.5 Å². The summed E-state index contributed by atoms with van der Waals surface area (Å²) >= 11 is 0. The van der Waals surface area contributed by atoms with Crippen LogP contribution in [0.2, 0.25) is 0 Å². The molecule has 1 aliphatic rings. The normalized spacial score (nSPS) is 13.9. The van der Waals surface area contributed by atoms with Gasteiger partial charge >= 0.3 is 5.97 Å². The molecule has 32 heavy (non-hydrogen) atoms. The average molecular weight is 440 g/mol. The summed E-state index contributed by atoms with van der Waals surface area (Å²) in [4.78, 5) is 37.4. The van der Waals surface area contributed by atoms with Crippen LogP contribution in [0.3, 0.4) is 0 Å². The Morgan fingerprint density at radius 1 is 0.969 bits per heavy atom. The van der Waals surface area contributed by atoms with Gasteiger partial charge in [-0.3, -0.25) is 9.59 Å². The van der Waals surface area contributed by atoms with E-state index in [4.69, 9.17) is 14.2 Å². The summed E-state index contributed by atoms with van der Waals surface area (Å²) in [7, 11) is 0. The fraction of sp³-hybridized carbons (Fsp3) is 0.375. The second kappa shape index (κ2) is 10.7. The maximum atomic E-state index is 12.6. The minimum atomic E-state index is -1.01. The van der Waals surface area contributed by atoms with Gasteiger partial charge in [0.25, 0.3) is 5.91 Å². The van der Waals surface area contributed by atoms with Gasteiger partial charge in [-0.25, -0.2) is 4.79 Å².